The van der Waals surface area contributed by atoms with Gasteiger partial charge in [-0.05, 0) is 56.0 Å². The monoisotopic (exact) mass is 724 g/mol. The summed E-state index contributed by atoms with van der Waals surface area (Å²) in [4.78, 5) is 49.8. The third kappa shape index (κ3) is 8.22. The Balaban J connectivity index is 1.09. The van der Waals surface area contributed by atoms with Crippen LogP contribution in [0.5, 0.6) is 0 Å². The molecule has 0 amide bonds. The number of hydrogen-bond donors (Lipinski definition) is 2. The van der Waals surface area contributed by atoms with Gasteiger partial charge in [0.15, 0.2) is 6.29 Å². The van der Waals surface area contributed by atoms with E-state index < -0.39 is 30.4 Å². The molecule has 2 fully saturated rings. The third-order valence-corrected chi connectivity index (χ3v) is 11.1. The zero-order valence-electron chi connectivity index (χ0n) is 28.3. The zero-order chi connectivity index (χ0) is 36.4. The molecule has 2 atom stereocenters. The lowest BCUT2D eigenvalue weighted by Gasteiger charge is -2.41. The minimum Gasteiger partial charge on any atom is -0.480 e. The number of hydrogen-bond acceptors (Lipinski definition) is 11. The van der Waals surface area contributed by atoms with Crippen molar-refractivity contribution in [2.45, 2.75) is 70.5 Å². The van der Waals surface area contributed by atoms with Gasteiger partial charge in [-0.1, -0.05) is 6.07 Å². The van der Waals surface area contributed by atoms with Crippen LogP contribution in [0.3, 0.4) is 0 Å². The topological polar surface area (TPSA) is 148 Å². The second-order valence-electron chi connectivity index (χ2n) is 13.4. The number of aldehydes is 1. The Labute approximate surface area is 296 Å². The summed E-state index contributed by atoms with van der Waals surface area (Å²) in [7, 11) is 0. The van der Waals surface area contributed by atoms with Gasteiger partial charge < -0.3 is 15.0 Å². The smallest absolute Gasteiger partial charge is 0.393 e. The number of carboxylic acids is 1. The average molecular weight is 725 g/mol. The highest BCUT2D eigenvalue weighted by Crippen LogP contribution is 2.34. The number of nitrogens with one attached hydrogen (secondary N) is 1. The Morgan fingerprint density at radius 1 is 1.16 bits per heavy atom. The van der Waals surface area contributed by atoms with E-state index >= 15 is 0 Å². The summed E-state index contributed by atoms with van der Waals surface area (Å²) in [6.45, 7) is 7.73. The predicted octanol–water partition coefficient (Wildman–Crippen LogP) is 4.23. The van der Waals surface area contributed by atoms with Gasteiger partial charge >= 0.3 is 12.1 Å². The van der Waals surface area contributed by atoms with Gasteiger partial charge in [-0.2, -0.15) is 18.4 Å². The van der Waals surface area contributed by atoms with Gasteiger partial charge in [0.05, 0.1) is 18.4 Å². The van der Waals surface area contributed by atoms with Gasteiger partial charge in [-0.3, -0.25) is 29.1 Å². The fourth-order valence-corrected chi connectivity index (χ4v) is 8.27. The number of piperidine rings is 1. The number of halogens is 3. The van der Waals surface area contributed by atoms with Crippen LogP contribution >= 0.6 is 11.3 Å². The number of likely N-dealkylation sites (tertiary alicyclic amines) is 1. The Bertz CT molecular complexity index is 1980. The molecule has 12 nitrogen and oxygen atoms in total. The summed E-state index contributed by atoms with van der Waals surface area (Å²) < 4.78 is 40.9. The maximum atomic E-state index is 13.0. The summed E-state index contributed by atoms with van der Waals surface area (Å²) in [5, 5.41) is 24.9. The molecule has 270 valence electrons. The second kappa shape index (κ2) is 15.0. The van der Waals surface area contributed by atoms with Crippen molar-refractivity contribution >= 4 is 56.3 Å². The predicted molar refractivity (Wildman–Crippen MR) is 186 cm³/mol. The molecule has 2 aliphatic rings. The van der Waals surface area contributed by atoms with Crippen molar-refractivity contribution in [1.82, 2.24) is 29.2 Å². The van der Waals surface area contributed by atoms with E-state index in [1.807, 2.05) is 28.5 Å². The molecule has 2 unspecified atom stereocenters. The fraction of sp³-hybridized carbons (Fsp3) is 0.486. The van der Waals surface area contributed by atoms with Gasteiger partial charge in [0.25, 0.3) is 0 Å². The fourth-order valence-electron chi connectivity index (χ4n) is 7.24. The molecule has 16 heteroatoms. The number of carbonyl (C=O) groups excluding carboxylic acids is 2. The minimum atomic E-state index is -4.28. The molecule has 2 N–H and O–H groups in total. The number of thiophene rings is 1. The van der Waals surface area contributed by atoms with Crippen LogP contribution in [-0.4, -0.2) is 116 Å². The number of aliphatic carboxylic acids is 1. The van der Waals surface area contributed by atoms with Crippen LogP contribution in [0, 0.1) is 18.3 Å². The zero-order valence-corrected chi connectivity index (χ0v) is 29.1. The Morgan fingerprint density at radius 2 is 1.92 bits per heavy atom. The van der Waals surface area contributed by atoms with Crippen LogP contribution < -0.4 is 5.32 Å². The van der Waals surface area contributed by atoms with Gasteiger partial charge in [0.1, 0.15) is 34.8 Å². The van der Waals surface area contributed by atoms with Gasteiger partial charge in [-0.25, -0.2) is 9.97 Å². The molecule has 0 bridgehead atoms. The number of aromatic nitrogens is 3. The average Bonchev–Trinajstić information content (AvgIpc) is 3.67. The van der Waals surface area contributed by atoms with Crippen molar-refractivity contribution < 1.29 is 32.7 Å². The number of nitrogens with zero attached hydrogens (tertiary/aromatic N) is 7. The maximum absolute atomic E-state index is 13.0. The summed E-state index contributed by atoms with van der Waals surface area (Å²) >= 11 is 1.04. The van der Waals surface area contributed by atoms with Crippen LogP contribution in [0.15, 0.2) is 30.6 Å². The highest BCUT2D eigenvalue weighted by atomic mass is 32.1. The molecule has 5 heterocycles. The normalized spacial score (nSPS) is 18.9. The first-order valence-corrected chi connectivity index (χ1v) is 17.6. The van der Waals surface area contributed by atoms with Crippen molar-refractivity contribution in [2.75, 3.05) is 44.6 Å². The number of benzene rings is 1. The number of Topliss-reactive ketones (excluding diaryl/α,β-unsaturated/α-hetero) is 1. The SMILES string of the molecule is Cc1c(CN2CCC(Nc3ncnc4sc(CC(F)(F)F)cc34)CC2)ccc2c1cc(C#N)n2CC(C)N1CCN(CC(=O)C=O)C(C(=O)O)C1. The molecule has 0 aliphatic carbocycles. The standard InChI is InChI=1S/C35H39F3N8O4S/c1-21(44-9-10-45(17-26(48)19-47)31(18-44)34(49)50)15-46-25(14-39)11-28-22(2)23(3-4-30(28)46)16-43-7-5-24(6-8-43)42-32-29-12-27(13-35(36,37)38)51-33(29)41-20-40-32/h3-4,11-12,19-21,24,31H,5-10,13,15-18H2,1-2H3,(H,49,50)(H,40,41,42). The Kier molecular flexibility index (Phi) is 10.7. The molecule has 2 aliphatic heterocycles. The van der Waals surface area contributed by atoms with E-state index in [1.165, 1.54) is 17.3 Å². The molecule has 2 saturated heterocycles. The van der Waals surface area contributed by atoms with Gasteiger partial charge in [0.2, 0.25) is 5.78 Å². The van der Waals surface area contributed by atoms with Crippen LogP contribution in [0.2, 0.25) is 0 Å². The maximum Gasteiger partial charge on any atom is 0.393 e. The number of rotatable bonds is 12. The first-order valence-electron chi connectivity index (χ1n) is 16.8. The lowest BCUT2D eigenvalue weighted by atomic mass is 10.0. The van der Waals surface area contributed by atoms with E-state index in [-0.39, 0.29) is 36.3 Å². The lowest BCUT2D eigenvalue weighted by molar-refractivity contribution is -0.147. The first kappa shape index (κ1) is 36.4. The molecule has 6 rings (SSSR count). The molecule has 4 aromatic rings. The largest absolute Gasteiger partial charge is 0.480 e. The summed E-state index contributed by atoms with van der Waals surface area (Å²) in [5.41, 5.74) is 3.69. The van der Waals surface area contributed by atoms with Gasteiger partial charge in [-0.15, -0.1) is 11.3 Å². The lowest BCUT2D eigenvalue weighted by Crippen LogP contribution is -2.59. The Hall–Kier alpha value is -4.43. The number of anilines is 1. The van der Waals surface area contributed by atoms with Crippen LogP contribution in [0.1, 0.15) is 41.5 Å². The van der Waals surface area contributed by atoms with E-state index in [4.69, 9.17) is 0 Å². The highest BCUT2D eigenvalue weighted by molar-refractivity contribution is 7.18. The summed E-state index contributed by atoms with van der Waals surface area (Å²) in [6, 6.07) is 9.01. The van der Waals surface area contributed by atoms with Crippen molar-refractivity contribution in [1.29, 1.82) is 5.26 Å². The van der Waals surface area contributed by atoms with Crippen LogP contribution in [-0.2, 0) is 33.9 Å². The molecule has 0 spiro atoms. The van der Waals surface area contributed by atoms with Crippen molar-refractivity contribution in [2.24, 2.45) is 0 Å². The molecule has 1 aromatic carbocycles. The molecule has 0 radical (unpaired) electrons. The summed E-state index contributed by atoms with van der Waals surface area (Å²) in [6.07, 6.45) is -1.99. The molecule has 51 heavy (non-hydrogen) atoms. The number of carboxylic acid groups (broad SMARTS) is 1. The van der Waals surface area contributed by atoms with E-state index in [1.54, 1.807) is 0 Å². The van der Waals surface area contributed by atoms with E-state index in [0.717, 1.165) is 65.8 Å². The highest BCUT2D eigenvalue weighted by Gasteiger charge is 2.35. The third-order valence-electron chi connectivity index (χ3n) is 10.0. The number of aryl methyl sites for hydroxylation is 1. The van der Waals surface area contributed by atoms with E-state index in [0.29, 0.717) is 41.4 Å². The number of carbonyl (C=O) groups is 3. The molecule has 3 aromatic heterocycles. The molecular weight excluding hydrogens is 685 g/mol. The van der Waals surface area contributed by atoms with Crippen molar-refractivity contribution in [3.8, 4) is 6.07 Å². The number of ketones is 1. The van der Waals surface area contributed by atoms with Crippen LogP contribution in [0.25, 0.3) is 21.1 Å². The Morgan fingerprint density at radius 3 is 2.61 bits per heavy atom. The minimum absolute atomic E-state index is 0.103. The van der Waals surface area contributed by atoms with Crippen molar-refractivity contribution in [3.05, 3.63) is 52.3 Å². The second-order valence-corrected chi connectivity index (χ2v) is 14.5. The number of piperazine rings is 1. The number of alkyl halides is 3. The first-order chi connectivity index (χ1) is 24.3. The van der Waals surface area contributed by atoms with E-state index in [2.05, 4.69) is 39.2 Å². The summed E-state index contributed by atoms with van der Waals surface area (Å²) in [5.74, 6) is -1.14. The number of fused-ring (bicyclic) bond motifs is 2. The van der Waals surface area contributed by atoms with Gasteiger partial charge in [0, 0.05) is 73.7 Å². The van der Waals surface area contributed by atoms with Crippen molar-refractivity contribution in [3.63, 3.8) is 0 Å². The van der Waals surface area contributed by atoms with Crippen LogP contribution in [0.4, 0.5) is 19.0 Å². The number of nitriles is 1. The molecular formula is C35H39F3N8O4S. The quantitative estimate of drug-likeness (QED) is 0.160. The van der Waals surface area contributed by atoms with E-state index in [9.17, 15) is 37.9 Å². The molecule has 0 saturated carbocycles.